The molecule has 0 bridgehead atoms. The maximum absolute atomic E-state index is 12.2. The molecule has 5 nitrogen and oxygen atoms in total. The molecular formula is C11H6F3NO4. The molecule has 0 aromatic heterocycles. The first-order valence-corrected chi connectivity index (χ1v) is 4.69. The summed E-state index contributed by atoms with van der Waals surface area (Å²) in [5.74, 6) is -1.89. The third-order valence-corrected chi connectivity index (χ3v) is 2.02. The molecule has 19 heavy (non-hydrogen) atoms. The number of methoxy groups -OCH3 is 1. The molecule has 100 valence electrons. The van der Waals surface area contributed by atoms with Crippen LogP contribution in [0.2, 0.25) is 0 Å². The minimum Gasteiger partial charge on any atom is -0.465 e. The second-order valence-electron chi connectivity index (χ2n) is 3.21. The van der Waals surface area contributed by atoms with Crippen LogP contribution in [0, 0.1) is 11.3 Å². The predicted molar refractivity (Wildman–Crippen MR) is 54.6 cm³/mol. The minimum absolute atomic E-state index is 0.147. The lowest BCUT2D eigenvalue weighted by Gasteiger charge is -2.12. The highest BCUT2D eigenvalue weighted by molar-refractivity contribution is 5.93. The molecule has 0 unspecified atom stereocenters. The van der Waals surface area contributed by atoms with Crippen molar-refractivity contribution < 1.29 is 32.2 Å². The summed E-state index contributed by atoms with van der Waals surface area (Å²) in [5.41, 5.74) is -1.34. The van der Waals surface area contributed by atoms with Crippen molar-refractivity contribution in [3.63, 3.8) is 0 Å². The van der Waals surface area contributed by atoms with Crippen LogP contribution in [0.25, 0.3) is 0 Å². The van der Waals surface area contributed by atoms with Gasteiger partial charge >= 0.3 is 12.3 Å². The number of aldehydes is 1. The molecule has 0 spiro atoms. The van der Waals surface area contributed by atoms with Gasteiger partial charge in [0.05, 0.1) is 12.7 Å². The van der Waals surface area contributed by atoms with Gasteiger partial charge in [-0.3, -0.25) is 4.79 Å². The van der Waals surface area contributed by atoms with E-state index in [1.165, 1.54) is 6.07 Å². The van der Waals surface area contributed by atoms with Gasteiger partial charge in [0.1, 0.15) is 17.4 Å². The average molecular weight is 273 g/mol. The lowest BCUT2D eigenvalue weighted by Crippen LogP contribution is -2.19. The predicted octanol–water partition coefficient (Wildman–Crippen LogP) is 2.06. The van der Waals surface area contributed by atoms with E-state index in [0.717, 1.165) is 13.2 Å². The second-order valence-corrected chi connectivity index (χ2v) is 3.21. The molecule has 0 atom stereocenters. The fraction of sp³-hybridized carbons (Fsp3) is 0.182. The van der Waals surface area contributed by atoms with Crippen LogP contribution in [0.1, 0.15) is 26.3 Å². The summed E-state index contributed by atoms with van der Waals surface area (Å²) in [7, 11) is 1.02. The molecule has 0 aliphatic carbocycles. The van der Waals surface area contributed by atoms with E-state index < -0.39 is 29.2 Å². The van der Waals surface area contributed by atoms with Crippen LogP contribution >= 0.6 is 0 Å². The number of rotatable bonds is 3. The highest BCUT2D eigenvalue weighted by atomic mass is 19.4. The zero-order valence-electron chi connectivity index (χ0n) is 9.45. The number of nitriles is 1. The molecule has 8 heteroatoms. The summed E-state index contributed by atoms with van der Waals surface area (Å²) < 4.78 is 44.4. The largest absolute Gasteiger partial charge is 0.573 e. The van der Waals surface area contributed by atoms with Crippen molar-refractivity contribution in [3.05, 3.63) is 28.8 Å². The van der Waals surface area contributed by atoms with Gasteiger partial charge in [-0.25, -0.2) is 4.79 Å². The van der Waals surface area contributed by atoms with Crippen molar-refractivity contribution in [2.75, 3.05) is 7.11 Å². The number of carbonyl (C=O) groups excluding carboxylic acids is 2. The molecule has 0 saturated heterocycles. The smallest absolute Gasteiger partial charge is 0.465 e. The summed E-state index contributed by atoms with van der Waals surface area (Å²) >= 11 is 0. The Kier molecular flexibility index (Phi) is 4.11. The van der Waals surface area contributed by atoms with Gasteiger partial charge in [0.25, 0.3) is 0 Å². The van der Waals surface area contributed by atoms with Crippen LogP contribution in [-0.4, -0.2) is 25.7 Å². The van der Waals surface area contributed by atoms with Gasteiger partial charge in [0.2, 0.25) is 0 Å². The number of hydrogen-bond acceptors (Lipinski definition) is 5. The van der Waals surface area contributed by atoms with Crippen LogP contribution in [-0.2, 0) is 4.74 Å². The highest BCUT2D eigenvalue weighted by Crippen LogP contribution is 2.29. The summed E-state index contributed by atoms with van der Waals surface area (Å²) in [4.78, 5) is 22.0. The standard InChI is InChI=1S/C11H6F3NO4/c1-18-10(17)6-2-7(5-16)8(4-15)9(3-6)19-11(12,13)14/h2-3,5H,1H3. The molecule has 1 aromatic carbocycles. The van der Waals surface area contributed by atoms with E-state index >= 15 is 0 Å². The monoisotopic (exact) mass is 273 g/mol. The highest BCUT2D eigenvalue weighted by Gasteiger charge is 2.33. The van der Waals surface area contributed by atoms with Crippen LogP contribution in [0.5, 0.6) is 5.75 Å². The molecule has 1 aromatic rings. The first-order chi connectivity index (χ1) is 8.82. The number of esters is 1. The zero-order valence-corrected chi connectivity index (χ0v) is 9.45. The Morgan fingerprint density at radius 3 is 2.47 bits per heavy atom. The molecule has 0 aliphatic heterocycles. The number of hydrogen-bond donors (Lipinski definition) is 0. The quantitative estimate of drug-likeness (QED) is 0.622. The van der Waals surface area contributed by atoms with Crippen LogP contribution in [0.4, 0.5) is 13.2 Å². The van der Waals surface area contributed by atoms with Crippen LogP contribution in [0.15, 0.2) is 12.1 Å². The Morgan fingerprint density at radius 2 is 2.05 bits per heavy atom. The van der Waals surface area contributed by atoms with Crippen molar-refractivity contribution >= 4 is 12.3 Å². The van der Waals surface area contributed by atoms with Crippen molar-refractivity contribution in [3.8, 4) is 11.8 Å². The number of nitrogens with zero attached hydrogens (tertiary/aromatic N) is 1. The molecule has 0 radical (unpaired) electrons. The Morgan fingerprint density at radius 1 is 1.42 bits per heavy atom. The third-order valence-electron chi connectivity index (χ3n) is 2.02. The lowest BCUT2D eigenvalue weighted by molar-refractivity contribution is -0.274. The van der Waals surface area contributed by atoms with E-state index in [4.69, 9.17) is 5.26 Å². The number of carbonyl (C=O) groups is 2. The fourth-order valence-corrected chi connectivity index (χ4v) is 1.29. The van der Waals surface area contributed by atoms with E-state index in [1.807, 2.05) is 0 Å². The van der Waals surface area contributed by atoms with Crippen LogP contribution in [0.3, 0.4) is 0 Å². The molecule has 0 fully saturated rings. The third kappa shape index (κ3) is 3.45. The van der Waals surface area contributed by atoms with Gasteiger partial charge in [0.15, 0.2) is 6.29 Å². The fourth-order valence-electron chi connectivity index (χ4n) is 1.29. The van der Waals surface area contributed by atoms with Gasteiger partial charge in [-0.15, -0.1) is 13.2 Å². The minimum atomic E-state index is -5.06. The first kappa shape index (κ1) is 14.5. The lowest BCUT2D eigenvalue weighted by atomic mass is 10.0. The van der Waals surface area contributed by atoms with E-state index in [2.05, 4.69) is 9.47 Å². The molecule has 0 N–H and O–H groups in total. The summed E-state index contributed by atoms with van der Waals surface area (Å²) in [6.07, 6.45) is -4.91. The van der Waals surface area contributed by atoms with E-state index in [-0.39, 0.29) is 11.8 Å². The molecule has 0 heterocycles. The van der Waals surface area contributed by atoms with Gasteiger partial charge in [-0.2, -0.15) is 5.26 Å². The van der Waals surface area contributed by atoms with E-state index in [1.54, 1.807) is 0 Å². The Labute approximate surface area is 105 Å². The van der Waals surface area contributed by atoms with Gasteiger partial charge in [-0.1, -0.05) is 0 Å². The number of ether oxygens (including phenoxy) is 2. The maximum Gasteiger partial charge on any atom is 0.573 e. The topological polar surface area (TPSA) is 76.4 Å². The van der Waals surface area contributed by atoms with Crippen LogP contribution < -0.4 is 4.74 Å². The van der Waals surface area contributed by atoms with Gasteiger partial charge < -0.3 is 9.47 Å². The van der Waals surface area contributed by atoms with Gasteiger partial charge in [0, 0.05) is 5.56 Å². The molecular weight excluding hydrogens is 267 g/mol. The zero-order chi connectivity index (χ0) is 14.6. The summed E-state index contributed by atoms with van der Waals surface area (Å²) in [6.45, 7) is 0. The first-order valence-electron chi connectivity index (χ1n) is 4.69. The van der Waals surface area contributed by atoms with Crippen molar-refractivity contribution in [2.45, 2.75) is 6.36 Å². The van der Waals surface area contributed by atoms with E-state index in [9.17, 15) is 22.8 Å². The Balaban J connectivity index is 3.45. The number of halogens is 3. The second kappa shape index (κ2) is 5.39. The normalized spacial score (nSPS) is 10.5. The SMILES string of the molecule is COC(=O)c1cc(C=O)c(C#N)c(OC(F)(F)F)c1. The molecule has 1 rings (SSSR count). The van der Waals surface area contributed by atoms with Crippen molar-refractivity contribution in [1.82, 2.24) is 0 Å². The Hall–Kier alpha value is -2.56. The summed E-state index contributed by atoms with van der Waals surface area (Å²) in [6, 6.07) is 3.04. The molecule has 0 saturated carbocycles. The maximum atomic E-state index is 12.2. The average Bonchev–Trinajstić information content (AvgIpc) is 2.34. The van der Waals surface area contributed by atoms with Gasteiger partial charge in [-0.05, 0) is 12.1 Å². The van der Waals surface area contributed by atoms with E-state index in [0.29, 0.717) is 6.07 Å². The van der Waals surface area contributed by atoms with Crippen molar-refractivity contribution in [1.29, 1.82) is 5.26 Å². The molecule has 0 amide bonds. The number of alkyl halides is 3. The number of benzene rings is 1. The van der Waals surface area contributed by atoms with Crippen molar-refractivity contribution in [2.24, 2.45) is 0 Å². The Bertz CT molecular complexity index is 560. The summed E-state index contributed by atoms with van der Waals surface area (Å²) in [5, 5.41) is 8.74. The molecule has 0 aliphatic rings.